The average Bonchev–Trinajstić information content (AvgIpc) is 3.45. The Morgan fingerprint density at radius 1 is 1.05 bits per heavy atom. The van der Waals surface area contributed by atoms with Crippen LogP contribution in [0.4, 0.5) is 0 Å². The number of nitrogens with one attached hydrogen (secondary N) is 2. The first kappa shape index (κ1) is 30.3. The summed E-state index contributed by atoms with van der Waals surface area (Å²) < 4.78 is 6.33. The third-order valence-corrected chi connectivity index (χ3v) is 9.95. The van der Waals surface area contributed by atoms with E-state index in [2.05, 4.69) is 56.4 Å². The molecule has 2 N–H and O–H groups in total. The molecule has 9 nitrogen and oxygen atoms in total. The van der Waals surface area contributed by atoms with E-state index in [1.807, 2.05) is 49.4 Å². The molecule has 2 saturated heterocycles. The van der Waals surface area contributed by atoms with E-state index in [0.29, 0.717) is 31.9 Å². The summed E-state index contributed by atoms with van der Waals surface area (Å²) in [5, 5.41) is 6.84. The molecule has 6 rings (SSSR count). The van der Waals surface area contributed by atoms with E-state index in [1.165, 1.54) is 0 Å². The lowest BCUT2D eigenvalue weighted by Crippen LogP contribution is -2.60. The number of likely N-dealkylation sites (N-methyl/N-ethyl adjacent to an activating group) is 1. The molecule has 1 unspecified atom stereocenters. The van der Waals surface area contributed by atoms with Gasteiger partial charge in [0.15, 0.2) is 5.72 Å². The standard InChI is InChI=1S/C35H46N6O3/c1-4-29-25-40(33(43)34(16-10-17-34)26-11-7-6-8-12-26)21-22-41(29)30-14-18-35(44-5-2,27-13-9-19-36-23-27)38-31(30)32(42)37-28-15-20-39(3)24-28/h6-9,11-14,18-19,23,28-29,38H,4-5,10,15-17,20-22,24-25H2,1-3H3,(H,37,42)/t28-,29-,35?/m1/s1. The number of hydrogen-bond donors (Lipinski definition) is 2. The number of hydrogen-bond acceptors (Lipinski definition) is 7. The van der Waals surface area contributed by atoms with Crippen molar-refractivity contribution in [3.8, 4) is 0 Å². The summed E-state index contributed by atoms with van der Waals surface area (Å²) in [6.07, 6.45) is 12.2. The number of likely N-dealkylation sites (tertiary alicyclic amines) is 1. The van der Waals surface area contributed by atoms with Crippen molar-refractivity contribution >= 4 is 11.8 Å². The van der Waals surface area contributed by atoms with Gasteiger partial charge in [0.25, 0.3) is 5.91 Å². The second kappa shape index (κ2) is 12.7. The lowest BCUT2D eigenvalue weighted by Gasteiger charge is -2.49. The summed E-state index contributed by atoms with van der Waals surface area (Å²) >= 11 is 0. The van der Waals surface area contributed by atoms with Crippen molar-refractivity contribution in [1.29, 1.82) is 0 Å². The Kier molecular flexibility index (Phi) is 8.78. The van der Waals surface area contributed by atoms with Crippen LogP contribution in [0.3, 0.4) is 0 Å². The van der Waals surface area contributed by atoms with E-state index in [-0.39, 0.29) is 23.9 Å². The number of carbonyl (C=O) groups excluding carboxylic acids is 2. The number of piperazine rings is 1. The quantitative estimate of drug-likeness (QED) is 0.457. The van der Waals surface area contributed by atoms with Gasteiger partial charge in [0.2, 0.25) is 5.91 Å². The molecule has 4 heterocycles. The second-order valence-corrected chi connectivity index (χ2v) is 12.7. The normalized spacial score (nSPS) is 26.7. The Balaban J connectivity index is 1.29. The van der Waals surface area contributed by atoms with Crippen LogP contribution in [0.15, 0.2) is 78.4 Å². The fourth-order valence-corrected chi connectivity index (χ4v) is 7.36. The highest BCUT2D eigenvalue weighted by Crippen LogP contribution is 2.45. The Bertz CT molecular complexity index is 1390. The summed E-state index contributed by atoms with van der Waals surface area (Å²) in [6, 6.07) is 14.3. The minimum Gasteiger partial charge on any atom is -0.363 e. The predicted octanol–water partition coefficient (Wildman–Crippen LogP) is 3.51. The first-order chi connectivity index (χ1) is 21.4. The Morgan fingerprint density at radius 2 is 1.84 bits per heavy atom. The highest BCUT2D eigenvalue weighted by Gasteiger charge is 2.49. The lowest BCUT2D eigenvalue weighted by molar-refractivity contribution is -0.143. The average molecular weight is 599 g/mol. The zero-order valence-electron chi connectivity index (χ0n) is 26.3. The van der Waals surface area contributed by atoms with Crippen molar-refractivity contribution in [3.63, 3.8) is 0 Å². The predicted molar refractivity (Wildman–Crippen MR) is 170 cm³/mol. The number of ether oxygens (including phenoxy) is 1. The number of pyridine rings is 1. The topological polar surface area (TPSA) is 90.0 Å². The summed E-state index contributed by atoms with van der Waals surface area (Å²) in [4.78, 5) is 39.2. The smallest absolute Gasteiger partial charge is 0.269 e. The summed E-state index contributed by atoms with van der Waals surface area (Å²) in [5.74, 6) is 0.109. The lowest BCUT2D eigenvalue weighted by atomic mass is 9.63. The summed E-state index contributed by atoms with van der Waals surface area (Å²) in [7, 11) is 2.08. The van der Waals surface area contributed by atoms with Crippen molar-refractivity contribution in [2.75, 3.05) is 46.4 Å². The molecule has 1 aromatic heterocycles. The van der Waals surface area contributed by atoms with Crippen LogP contribution in [-0.4, -0.2) is 90.0 Å². The van der Waals surface area contributed by atoms with Crippen molar-refractivity contribution in [3.05, 3.63) is 89.5 Å². The summed E-state index contributed by atoms with van der Waals surface area (Å²) in [5.41, 5.74) is 1.88. The van der Waals surface area contributed by atoms with Gasteiger partial charge in [-0.1, -0.05) is 49.7 Å². The van der Waals surface area contributed by atoms with Gasteiger partial charge >= 0.3 is 0 Å². The third-order valence-electron chi connectivity index (χ3n) is 9.95. The van der Waals surface area contributed by atoms with Gasteiger partial charge in [0.05, 0.1) is 11.1 Å². The minimum atomic E-state index is -1.02. The van der Waals surface area contributed by atoms with Crippen LogP contribution in [0.5, 0.6) is 0 Å². The molecule has 3 fully saturated rings. The van der Waals surface area contributed by atoms with Crippen LogP contribution >= 0.6 is 0 Å². The molecule has 1 aliphatic carbocycles. The van der Waals surface area contributed by atoms with Gasteiger partial charge in [-0.05, 0) is 70.0 Å². The first-order valence-corrected chi connectivity index (χ1v) is 16.3. The molecule has 3 aliphatic heterocycles. The fraction of sp³-hybridized carbons (Fsp3) is 0.514. The van der Waals surface area contributed by atoms with Gasteiger partial charge in [-0.15, -0.1) is 0 Å². The van der Waals surface area contributed by atoms with E-state index < -0.39 is 11.1 Å². The second-order valence-electron chi connectivity index (χ2n) is 12.7. The Morgan fingerprint density at radius 3 is 2.48 bits per heavy atom. The first-order valence-electron chi connectivity index (χ1n) is 16.3. The molecule has 3 atom stereocenters. The van der Waals surface area contributed by atoms with Crippen molar-refractivity contribution in [2.45, 2.75) is 69.2 Å². The molecule has 234 valence electrons. The number of amides is 2. The Labute approximate surface area is 261 Å². The van der Waals surface area contributed by atoms with Gasteiger partial charge in [-0.3, -0.25) is 14.6 Å². The van der Waals surface area contributed by atoms with Crippen LogP contribution in [0.2, 0.25) is 0 Å². The Hall–Kier alpha value is -3.69. The summed E-state index contributed by atoms with van der Waals surface area (Å²) in [6.45, 7) is 8.24. The van der Waals surface area contributed by atoms with Crippen LogP contribution in [0.1, 0.15) is 57.1 Å². The van der Waals surface area contributed by atoms with Gasteiger partial charge in [0, 0.05) is 62.8 Å². The maximum Gasteiger partial charge on any atom is 0.269 e. The maximum absolute atomic E-state index is 14.1. The SMILES string of the molecule is CCOC1(c2cccnc2)C=CC(N2CCN(C(=O)C3(c4ccccc4)CCC3)C[C@H]2CC)=C(C(=O)N[C@@H]2CCN(C)C2)N1. The largest absolute Gasteiger partial charge is 0.363 e. The van der Waals surface area contributed by atoms with Gasteiger partial charge in [0.1, 0.15) is 5.70 Å². The number of dihydropyridines is 1. The number of nitrogens with zero attached hydrogens (tertiary/aromatic N) is 4. The number of benzene rings is 1. The van der Waals surface area contributed by atoms with Gasteiger partial charge in [-0.2, -0.15) is 0 Å². The van der Waals surface area contributed by atoms with Crippen LogP contribution in [0, 0.1) is 0 Å². The molecule has 4 aliphatic rings. The van der Waals surface area contributed by atoms with E-state index in [9.17, 15) is 9.59 Å². The highest BCUT2D eigenvalue weighted by molar-refractivity contribution is 5.95. The highest BCUT2D eigenvalue weighted by atomic mass is 16.5. The zero-order valence-corrected chi connectivity index (χ0v) is 26.3. The molecule has 44 heavy (non-hydrogen) atoms. The molecule has 0 spiro atoms. The number of rotatable bonds is 9. The fourth-order valence-electron chi connectivity index (χ4n) is 7.36. The molecule has 1 aromatic carbocycles. The van der Waals surface area contributed by atoms with E-state index in [0.717, 1.165) is 62.0 Å². The third kappa shape index (κ3) is 5.63. The molecular weight excluding hydrogens is 552 g/mol. The monoisotopic (exact) mass is 598 g/mol. The van der Waals surface area contributed by atoms with E-state index >= 15 is 0 Å². The maximum atomic E-state index is 14.1. The van der Waals surface area contributed by atoms with Crippen LogP contribution < -0.4 is 10.6 Å². The minimum absolute atomic E-state index is 0.0699. The molecule has 9 heteroatoms. The van der Waals surface area contributed by atoms with Crippen molar-refractivity contribution in [2.24, 2.45) is 0 Å². The number of allylic oxidation sites excluding steroid dienone is 1. The van der Waals surface area contributed by atoms with Crippen molar-refractivity contribution in [1.82, 2.24) is 30.3 Å². The van der Waals surface area contributed by atoms with Crippen LogP contribution in [-0.2, 0) is 25.5 Å². The molecule has 2 amide bonds. The van der Waals surface area contributed by atoms with E-state index in [4.69, 9.17) is 4.74 Å². The van der Waals surface area contributed by atoms with Crippen LogP contribution in [0.25, 0.3) is 0 Å². The number of aromatic nitrogens is 1. The zero-order chi connectivity index (χ0) is 30.7. The molecule has 1 saturated carbocycles. The van der Waals surface area contributed by atoms with E-state index in [1.54, 1.807) is 12.4 Å². The van der Waals surface area contributed by atoms with Gasteiger partial charge in [-0.25, -0.2) is 0 Å². The molecule has 0 bridgehead atoms. The molecule has 0 radical (unpaired) electrons. The van der Waals surface area contributed by atoms with Gasteiger partial charge < -0.3 is 30.1 Å². The molecule has 2 aromatic rings. The van der Waals surface area contributed by atoms with Crippen molar-refractivity contribution < 1.29 is 14.3 Å². The molecular formula is C35H46N6O3. The number of carbonyl (C=O) groups is 2.